The molecule has 4 aromatic rings. The van der Waals surface area contributed by atoms with E-state index >= 15 is 0 Å². The van der Waals surface area contributed by atoms with Gasteiger partial charge in [0.15, 0.2) is 5.65 Å². The summed E-state index contributed by atoms with van der Waals surface area (Å²) in [6, 6.07) is 19.3. The molecular formula is C22H19N3. The second-order valence-electron chi connectivity index (χ2n) is 6.85. The Morgan fingerprint density at radius 3 is 2.56 bits per heavy atom. The van der Waals surface area contributed by atoms with E-state index in [1.165, 1.54) is 27.9 Å². The number of aryl methyl sites for hydroxylation is 3. The number of benzene rings is 2. The number of rotatable bonds is 1. The van der Waals surface area contributed by atoms with E-state index in [9.17, 15) is 0 Å². The lowest BCUT2D eigenvalue weighted by Gasteiger charge is -2.21. The monoisotopic (exact) mass is 325 g/mol. The molecule has 0 spiro atoms. The molecule has 0 saturated heterocycles. The summed E-state index contributed by atoms with van der Waals surface area (Å²) >= 11 is 0. The molecule has 3 heteroatoms. The number of hydrogen-bond donors (Lipinski definition) is 0. The van der Waals surface area contributed by atoms with Gasteiger partial charge in [-0.3, -0.25) is 0 Å². The maximum atomic E-state index is 4.92. The van der Waals surface area contributed by atoms with Crippen LogP contribution < -0.4 is 0 Å². The fourth-order valence-electron chi connectivity index (χ4n) is 3.82. The SMILES string of the molecule is Cc1ccc(-c2cc3nc(C)c4c(n3n2)-c2ccccc2CC4)cc1. The van der Waals surface area contributed by atoms with Crippen molar-refractivity contribution in [1.82, 2.24) is 14.6 Å². The van der Waals surface area contributed by atoms with Crippen LogP contribution in [-0.4, -0.2) is 14.6 Å². The Hall–Kier alpha value is -2.94. The molecule has 0 atom stereocenters. The van der Waals surface area contributed by atoms with Crippen LogP contribution in [0.1, 0.15) is 22.4 Å². The number of fused-ring (bicyclic) bond motifs is 5. The Kier molecular flexibility index (Phi) is 3.04. The van der Waals surface area contributed by atoms with Gasteiger partial charge in [0.1, 0.15) is 0 Å². The number of aromatic nitrogens is 3. The van der Waals surface area contributed by atoms with Crippen molar-refractivity contribution in [1.29, 1.82) is 0 Å². The van der Waals surface area contributed by atoms with E-state index in [4.69, 9.17) is 10.1 Å². The van der Waals surface area contributed by atoms with E-state index in [1.54, 1.807) is 0 Å². The summed E-state index contributed by atoms with van der Waals surface area (Å²) in [5.74, 6) is 0. The number of nitrogens with zero attached hydrogens (tertiary/aromatic N) is 3. The Morgan fingerprint density at radius 2 is 1.72 bits per heavy atom. The Labute approximate surface area is 147 Å². The average molecular weight is 325 g/mol. The molecule has 3 nitrogen and oxygen atoms in total. The molecule has 122 valence electrons. The lowest BCUT2D eigenvalue weighted by atomic mass is 9.88. The normalized spacial score (nSPS) is 12.9. The zero-order chi connectivity index (χ0) is 17.0. The standard InChI is InChI=1S/C22H19N3/c1-14-7-9-17(10-8-14)20-13-21-23-15(2)18-12-11-16-5-3-4-6-19(16)22(18)25(21)24-20/h3-10,13H,11-12H2,1-2H3. The summed E-state index contributed by atoms with van der Waals surface area (Å²) in [5.41, 5.74) is 10.6. The summed E-state index contributed by atoms with van der Waals surface area (Å²) in [5, 5.41) is 4.92. The molecule has 2 aromatic carbocycles. The first-order valence-electron chi connectivity index (χ1n) is 8.75. The van der Waals surface area contributed by atoms with Crippen LogP contribution >= 0.6 is 0 Å². The minimum absolute atomic E-state index is 0.920. The fourth-order valence-corrected chi connectivity index (χ4v) is 3.82. The van der Waals surface area contributed by atoms with Crippen molar-refractivity contribution >= 4 is 5.65 Å². The second-order valence-corrected chi connectivity index (χ2v) is 6.85. The largest absolute Gasteiger partial charge is 0.234 e. The van der Waals surface area contributed by atoms with Crippen LogP contribution in [0.3, 0.4) is 0 Å². The predicted octanol–water partition coefficient (Wildman–Crippen LogP) is 4.78. The first-order valence-corrected chi connectivity index (χ1v) is 8.75. The van der Waals surface area contributed by atoms with Crippen LogP contribution in [0.25, 0.3) is 28.2 Å². The average Bonchev–Trinajstić information content (AvgIpc) is 3.05. The van der Waals surface area contributed by atoms with Gasteiger partial charge in [-0.2, -0.15) is 5.10 Å². The highest BCUT2D eigenvalue weighted by atomic mass is 15.3. The molecule has 1 aliphatic carbocycles. The molecular weight excluding hydrogens is 306 g/mol. The highest BCUT2D eigenvalue weighted by Crippen LogP contribution is 2.35. The van der Waals surface area contributed by atoms with Gasteiger partial charge in [-0.15, -0.1) is 0 Å². The molecule has 0 unspecified atom stereocenters. The van der Waals surface area contributed by atoms with Crippen LogP contribution in [-0.2, 0) is 12.8 Å². The second kappa shape index (κ2) is 5.28. The van der Waals surface area contributed by atoms with E-state index < -0.39 is 0 Å². The van der Waals surface area contributed by atoms with Gasteiger partial charge in [0.2, 0.25) is 0 Å². The van der Waals surface area contributed by atoms with E-state index in [0.717, 1.165) is 35.4 Å². The van der Waals surface area contributed by atoms with E-state index in [0.29, 0.717) is 0 Å². The molecule has 0 amide bonds. The first kappa shape index (κ1) is 14.4. The van der Waals surface area contributed by atoms with Crippen LogP contribution in [0.4, 0.5) is 0 Å². The van der Waals surface area contributed by atoms with E-state index in [-0.39, 0.29) is 0 Å². The van der Waals surface area contributed by atoms with Crippen molar-refractivity contribution in [3.05, 3.63) is 77.0 Å². The summed E-state index contributed by atoms with van der Waals surface area (Å²) in [6.07, 6.45) is 2.10. The van der Waals surface area contributed by atoms with Gasteiger partial charge in [-0.1, -0.05) is 54.1 Å². The molecule has 2 heterocycles. The summed E-state index contributed by atoms with van der Waals surface area (Å²) in [6.45, 7) is 4.22. The maximum Gasteiger partial charge on any atom is 0.156 e. The van der Waals surface area contributed by atoms with Crippen molar-refractivity contribution in [3.63, 3.8) is 0 Å². The Balaban J connectivity index is 1.80. The van der Waals surface area contributed by atoms with E-state index in [1.807, 2.05) is 4.52 Å². The van der Waals surface area contributed by atoms with Gasteiger partial charge in [-0.05, 0) is 32.3 Å². The smallest absolute Gasteiger partial charge is 0.156 e. The van der Waals surface area contributed by atoms with Gasteiger partial charge < -0.3 is 0 Å². The fraction of sp³-hybridized carbons (Fsp3) is 0.182. The molecule has 2 aromatic heterocycles. The lowest BCUT2D eigenvalue weighted by Crippen LogP contribution is -2.12. The number of hydrogen-bond acceptors (Lipinski definition) is 2. The zero-order valence-corrected chi connectivity index (χ0v) is 14.5. The molecule has 0 aliphatic heterocycles. The van der Waals surface area contributed by atoms with Gasteiger partial charge in [0.05, 0.1) is 11.4 Å². The third-order valence-corrected chi connectivity index (χ3v) is 5.17. The maximum absolute atomic E-state index is 4.92. The molecule has 0 saturated carbocycles. The minimum atomic E-state index is 0.920. The summed E-state index contributed by atoms with van der Waals surface area (Å²) in [4.78, 5) is 4.83. The van der Waals surface area contributed by atoms with Gasteiger partial charge >= 0.3 is 0 Å². The predicted molar refractivity (Wildman–Crippen MR) is 101 cm³/mol. The molecule has 0 N–H and O–H groups in total. The zero-order valence-electron chi connectivity index (χ0n) is 14.5. The van der Waals surface area contributed by atoms with Gasteiger partial charge in [-0.25, -0.2) is 9.50 Å². The topological polar surface area (TPSA) is 30.2 Å². The van der Waals surface area contributed by atoms with Crippen LogP contribution in [0.15, 0.2) is 54.6 Å². The minimum Gasteiger partial charge on any atom is -0.234 e. The molecule has 5 rings (SSSR count). The molecule has 0 bridgehead atoms. The first-order chi connectivity index (χ1) is 12.2. The third-order valence-electron chi connectivity index (χ3n) is 5.17. The van der Waals surface area contributed by atoms with Crippen molar-refractivity contribution in [2.45, 2.75) is 26.7 Å². The van der Waals surface area contributed by atoms with Crippen LogP contribution in [0, 0.1) is 13.8 Å². The third kappa shape index (κ3) is 2.19. The molecule has 0 fully saturated rings. The van der Waals surface area contributed by atoms with Crippen LogP contribution in [0.2, 0.25) is 0 Å². The van der Waals surface area contributed by atoms with Crippen molar-refractivity contribution < 1.29 is 0 Å². The Bertz CT molecular complexity index is 1100. The van der Waals surface area contributed by atoms with Gasteiger partial charge in [0, 0.05) is 28.5 Å². The van der Waals surface area contributed by atoms with Crippen molar-refractivity contribution in [2.75, 3.05) is 0 Å². The molecule has 0 radical (unpaired) electrons. The van der Waals surface area contributed by atoms with Crippen molar-refractivity contribution in [3.8, 4) is 22.5 Å². The highest BCUT2D eigenvalue weighted by molar-refractivity contribution is 5.74. The van der Waals surface area contributed by atoms with Crippen molar-refractivity contribution in [2.24, 2.45) is 0 Å². The van der Waals surface area contributed by atoms with E-state index in [2.05, 4.69) is 68.4 Å². The molecule has 1 aliphatic rings. The van der Waals surface area contributed by atoms with Gasteiger partial charge in [0.25, 0.3) is 0 Å². The highest BCUT2D eigenvalue weighted by Gasteiger charge is 2.22. The summed E-state index contributed by atoms with van der Waals surface area (Å²) < 4.78 is 2.04. The van der Waals surface area contributed by atoms with Crippen LogP contribution in [0.5, 0.6) is 0 Å². The quantitative estimate of drug-likeness (QED) is 0.504. The Morgan fingerprint density at radius 1 is 0.920 bits per heavy atom. The lowest BCUT2D eigenvalue weighted by molar-refractivity contribution is 0.850. The summed E-state index contributed by atoms with van der Waals surface area (Å²) in [7, 11) is 0. The molecule has 25 heavy (non-hydrogen) atoms.